The largest absolute Gasteiger partial charge is 0.481 e. The number of carboxylic acids is 1. The number of aliphatic carboxylic acids is 1. The van der Waals surface area contributed by atoms with E-state index in [1.165, 1.54) is 0 Å². The summed E-state index contributed by atoms with van der Waals surface area (Å²) in [6, 6.07) is 9.74. The molecule has 1 amide bonds. The summed E-state index contributed by atoms with van der Waals surface area (Å²) in [7, 11) is 0. The number of nitrogens with one attached hydrogen (secondary N) is 1. The molecule has 2 rings (SSSR count). The summed E-state index contributed by atoms with van der Waals surface area (Å²) in [6.07, 6.45) is 2.12. The van der Waals surface area contributed by atoms with Crippen LogP contribution in [0.15, 0.2) is 30.3 Å². The Hall–Kier alpha value is -1.84. The minimum atomic E-state index is -0.825. The summed E-state index contributed by atoms with van der Waals surface area (Å²) in [5, 5.41) is 11.9. The highest BCUT2D eigenvalue weighted by molar-refractivity contribution is 5.82. The summed E-state index contributed by atoms with van der Waals surface area (Å²) in [4.78, 5) is 23.0. The normalized spacial score (nSPS) is 20.6. The first-order valence-corrected chi connectivity index (χ1v) is 7.44. The zero-order valence-electron chi connectivity index (χ0n) is 12.6. The molecule has 1 aromatic carbocycles. The number of carbonyl (C=O) groups excluding carboxylic acids is 1. The molecule has 0 aromatic heterocycles. The summed E-state index contributed by atoms with van der Waals surface area (Å²) < 4.78 is 0. The van der Waals surface area contributed by atoms with Crippen molar-refractivity contribution < 1.29 is 14.7 Å². The molecule has 1 unspecified atom stereocenters. The molecule has 4 nitrogen and oxygen atoms in total. The molecular weight excluding hydrogens is 266 g/mol. The van der Waals surface area contributed by atoms with E-state index in [0.29, 0.717) is 12.8 Å². The lowest BCUT2D eigenvalue weighted by Gasteiger charge is -2.19. The number of amides is 1. The number of hydrogen-bond donors (Lipinski definition) is 2. The van der Waals surface area contributed by atoms with Gasteiger partial charge in [-0.15, -0.1) is 0 Å². The summed E-state index contributed by atoms with van der Waals surface area (Å²) in [6.45, 7) is 4.17. The second kappa shape index (κ2) is 6.29. The molecule has 1 aromatic rings. The Morgan fingerprint density at radius 2 is 1.95 bits per heavy atom. The fraction of sp³-hybridized carbons (Fsp3) is 0.529. The van der Waals surface area contributed by atoms with Crippen LogP contribution in [0.2, 0.25) is 0 Å². The first kappa shape index (κ1) is 15.5. The molecule has 1 aliphatic carbocycles. The van der Waals surface area contributed by atoms with Crippen molar-refractivity contribution in [1.29, 1.82) is 0 Å². The summed E-state index contributed by atoms with van der Waals surface area (Å²) >= 11 is 0. The lowest BCUT2D eigenvalue weighted by Crippen LogP contribution is -2.38. The van der Waals surface area contributed by atoms with Crippen LogP contribution >= 0.6 is 0 Å². The van der Waals surface area contributed by atoms with Crippen LogP contribution < -0.4 is 5.32 Å². The molecule has 2 atom stereocenters. The minimum absolute atomic E-state index is 0.0614. The molecule has 0 bridgehead atoms. The van der Waals surface area contributed by atoms with Crippen molar-refractivity contribution >= 4 is 11.9 Å². The van der Waals surface area contributed by atoms with E-state index in [0.717, 1.165) is 12.0 Å². The highest BCUT2D eigenvalue weighted by Gasteiger charge is 2.50. The van der Waals surface area contributed by atoms with Crippen LogP contribution in [0.25, 0.3) is 0 Å². The average Bonchev–Trinajstić information content (AvgIpc) is 3.06. The van der Waals surface area contributed by atoms with Crippen LogP contribution in [0.4, 0.5) is 0 Å². The number of rotatable bonds is 7. The molecular formula is C17H23NO3. The molecule has 4 heteroatoms. The van der Waals surface area contributed by atoms with Crippen molar-refractivity contribution in [3.8, 4) is 0 Å². The predicted octanol–water partition coefficient (Wildman–Crippen LogP) is 2.62. The molecule has 1 aliphatic rings. The lowest BCUT2D eigenvalue weighted by molar-refractivity contribution is -0.137. The van der Waals surface area contributed by atoms with E-state index in [9.17, 15) is 9.59 Å². The van der Waals surface area contributed by atoms with Crippen molar-refractivity contribution in [3.63, 3.8) is 0 Å². The van der Waals surface area contributed by atoms with Crippen molar-refractivity contribution in [2.75, 3.05) is 0 Å². The first-order valence-electron chi connectivity index (χ1n) is 7.44. The SMILES string of the molecule is CC1(C)C[C@@H]1C(=O)NC(CCC(=O)O)Cc1ccccc1. The zero-order valence-corrected chi connectivity index (χ0v) is 12.6. The monoisotopic (exact) mass is 289 g/mol. The van der Waals surface area contributed by atoms with Crippen molar-refractivity contribution in [2.45, 2.75) is 45.6 Å². The van der Waals surface area contributed by atoms with Gasteiger partial charge in [-0.05, 0) is 30.2 Å². The maximum Gasteiger partial charge on any atom is 0.303 e. The van der Waals surface area contributed by atoms with Crippen LogP contribution in [0, 0.1) is 11.3 Å². The van der Waals surface area contributed by atoms with Gasteiger partial charge in [0.25, 0.3) is 0 Å². The van der Waals surface area contributed by atoms with Crippen molar-refractivity contribution in [2.24, 2.45) is 11.3 Å². The van der Waals surface area contributed by atoms with Gasteiger partial charge in [-0.1, -0.05) is 44.2 Å². The average molecular weight is 289 g/mol. The van der Waals surface area contributed by atoms with Gasteiger partial charge >= 0.3 is 5.97 Å². The molecule has 0 radical (unpaired) electrons. The Morgan fingerprint density at radius 3 is 2.48 bits per heavy atom. The highest BCUT2D eigenvalue weighted by atomic mass is 16.4. The smallest absolute Gasteiger partial charge is 0.303 e. The first-order chi connectivity index (χ1) is 9.88. The van der Waals surface area contributed by atoms with Crippen LogP contribution in [0.5, 0.6) is 0 Å². The molecule has 0 spiro atoms. The third kappa shape index (κ3) is 4.59. The van der Waals surface area contributed by atoms with Gasteiger partial charge in [0.2, 0.25) is 5.91 Å². The van der Waals surface area contributed by atoms with Gasteiger partial charge in [0.05, 0.1) is 0 Å². The van der Waals surface area contributed by atoms with Crippen LogP contribution in [-0.4, -0.2) is 23.0 Å². The fourth-order valence-electron chi connectivity index (χ4n) is 2.64. The molecule has 1 saturated carbocycles. The number of carbonyl (C=O) groups is 2. The van der Waals surface area contributed by atoms with E-state index in [4.69, 9.17) is 5.11 Å². The van der Waals surface area contributed by atoms with E-state index in [-0.39, 0.29) is 29.7 Å². The molecule has 2 N–H and O–H groups in total. The maximum atomic E-state index is 12.2. The Balaban J connectivity index is 1.95. The van der Waals surface area contributed by atoms with E-state index in [2.05, 4.69) is 19.2 Å². The maximum absolute atomic E-state index is 12.2. The van der Waals surface area contributed by atoms with Gasteiger partial charge < -0.3 is 10.4 Å². The number of hydrogen-bond acceptors (Lipinski definition) is 2. The number of benzene rings is 1. The molecule has 21 heavy (non-hydrogen) atoms. The summed E-state index contributed by atoms with van der Waals surface area (Å²) in [5.74, 6) is -0.694. The molecule has 0 aliphatic heterocycles. The third-order valence-corrected chi connectivity index (χ3v) is 4.21. The third-order valence-electron chi connectivity index (χ3n) is 4.21. The van der Waals surface area contributed by atoms with Crippen molar-refractivity contribution in [1.82, 2.24) is 5.32 Å². The second-order valence-electron chi connectivity index (χ2n) is 6.57. The van der Waals surface area contributed by atoms with Gasteiger partial charge in [0.1, 0.15) is 0 Å². The quantitative estimate of drug-likeness (QED) is 0.811. The van der Waals surface area contributed by atoms with Crippen molar-refractivity contribution in [3.05, 3.63) is 35.9 Å². The van der Waals surface area contributed by atoms with Crippen LogP contribution in [0.1, 0.15) is 38.7 Å². The predicted molar refractivity (Wildman–Crippen MR) is 80.8 cm³/mol. The summed E-state index contributed by atoms with van der Waals surface area (Å²) in [5.41, 5.74) is 1.21. The minimum Gasteiger partial charge on any atom is -0.481 e. The Kier molecular flexibility index (Phi) is 4.66. The van der Waals surface area contributed by atoms with E-state index in [1.807, 2.05) is 30.3 Å². The van der Waals surface area contributed by atoms with E-state index in [1.54, 1.807) is 0 Å². The Morgan fingerprint density at radius 1 is 1.33 bits per heavy atom. The standard InChI is InChI=1S/C17H23NO3/c1-17(2)11-14(17)16(21)18-13(8-9-15(19)20)10-12-6-4-3-5-7-12/h3-7,13-14H,8-11H2,1-2H3,(H,18,21)(H,19,20)/t13?,14-/m1/s1. The van der Waals surface area contributed by atoms with Crippen LogP contribution in [-0.2, 0) is 16.0 Å². The molecule has 114 valence electrons. The molecule has 1 fully saturated rings. The van der Waals surface area contributed by atoms with E-state index < -0.39 is 5.97 Å². The Labute approximate surface area is 125 Å². The molecule has 0 saturated heterocycles. The second-order valence-corrected chi connectivity index (χ2v) is 6.57. The van der Waals surface area contributed by atoms with Gasteiger partial charge in [-0.3, -0.25) is 9.59 Å². The topological polar surface area (TPSA) is 66.4 Å². The molecule has 0 heterocycles. The van der Waals surface area contributed by atoms with Gasteiger partial charge in [-0.25, -0.2) is 0 Å². The van der Waals surface area contributed by atoms with Gasteiger partial charge in [-0.2, -0.15) is 0 Å². The van der Waals surface area contributed by atoms with E-state index >= 15 is 0 Å². The van der Waals surface area contributed by atoms with Crippen LogP contribution in [0.3, 0.4) is 0 Å². The van der Waals surface area contributed by atoms with Gasteiger partial charge in [0.15, 0.2) is 0 Å². The lowest BCUT2D eigenvalue weighted by atomic mass is 10.0. The van der Waals surface area contributed by atoms with Gasteiger partial charge in [0, 0.05) is 18.4 Å². The number of carboxylic acid groups (broad SMARTS) is 1. The highest BCUT2D eigenvalue weighted by Crippen LogP contribution is 2.51. The Bertz CT molecular complexity index is 510. The zero-order chi connectivity index (χ0) is 15.5. The fourth-order valence-corrected chi connectivity index (χ4v) is 2.64.